The summed E-state index contributed by atoms with van der Waals surface area (Å²) in [5.74, 6) is 0. The summed E-state index contributed by atoms with van der Waals surface area (Å²) in [5, 5.41) is 2.67. The third-order valence-corrected chi connectivity index (χ3v) is 8.46. The second-order valence-electron chi connectivity index (χ2n) is 10.6. The Balaban J connectivity index is 1.41. The van der Waals surface area contributed by atoms with E-state index in [2.05, 4.69) is 126 Å². The smallest absolute Gasteiger partial charge is 0.0632 e. The Kier molecular flexibility index (Phi) is 3.61. The van der Waals surface area contributed by atoms with Gasteiger partial charge in [0.15, 0.2) is 0 Å². The number of rotatable bonds is 1. The summed E-state index contributed by atoms with van der Waals surface area (Å²) in [5.41, 5.74) is 12.0. The molecule has 0 amide bonds. The van der Waals surface area contributed by atoms with Crippen LogP contribution in [0.4, 0.5) is 11.4 Å². The molecule has 2 heteroatoms. The van der Waals surface area contributed by atoms with Crippen LogP contribution in [0.2, 0.25) is 0 Å². The third kappa shape index (κ3) is 2.34. The van der Waals surface area contributed by atoms with Crippen molar-refractivity contribution >= 4 is 38.8 Å². The van der Waals surface area contributed by atoms with Crippen LogP contribution in [0.5, 0.6) is 0 Å². The minimum absolute atomic E-state index is 0.0976. The van der Waals surface area contributed by atoms with Crippen molar-refractivity contribution in [1.29, 1.82) is 0 Å². The molecule has 0 fully saturated rings. The zero-order valence-electron chi connectivity index (χ0n) is 20.0. The van der Waals surface area contributed by atoms with Crippen LogP contribution in [0, 0.1) is 0 Å². The van der Waals surface area contributed by atoms with E-state index in [-0.39, 0.29) is 5.41 Å². The van der Waals surface area contributed by atoms with Crippen molar-refractivity contribution in [3.8, 4) is 5.69 Å². The second kappa shape index (κ2) is 6.55. The lowest BCUT2D eigenvalue weighted by Gasteiger charge is -2.36. The van der Waals surface area contributed by atoms with Gasteiger partial charge in [-0.1, -0.05) is 86.7 Å². The average Bonchev–Trinajstić information content (AvgIpc) is 3.41. The zero-order valence-corrected chi connectivity index (χ0v) is 20.0. The number of nitrogens with zero attached hydrogens (tertiary/aromatic N) is 2. The quantitative estimate of drug-likeness (QED) is 0.249. The lowest BCUT2D eigenvalue weighted by molar-refractivity contribution is 0.629. The Morgan fingerprint density at radius 2 is 1.60 bits per heavy atom. The van der Waals surface area contributed by atoms with Gasteiger partial charge in [-0.15, -0.1) is 0 Å². The van der Waals surface area contributed by atoms with Gasteiger partial charge in [-0.05, 0) is 53.5 Å². The summed E-state index contributed by atoms with van der Waals surface area (Å²) in [6, 6.07) is 32.0. The van der Waals surface area contributed by atoms with Crippen LogP contribution in [-0.4, -0.2) is 10.6 Å². The highest BCUT2D eigenvalue weighted by molar-refractivity contribution is 6.11. The van der Waals surface area contributed by atoms with Crippen LogP contribution in [0.15, 0.2) is 103 Å². The van der Waals surface area contributed by atoms with Crippen LogP contribution in [0.1, 0.15) is 37.0 Å². The van der Waals surface area contributed by atoms with Gasteiger partial charge in [-0.2, -0.15) is 0 Å². The highest BCUT2D eigenvalue weighted by atomic mass is 15.2. The van der Waals surface area contributed by atoms with Gasteiger partial charge in [0.25, 0.3) is 0 Å². The lowest BCUT2D eigenvalue weighted by Crippen LogP contribution is -2.29. The molecule has 0 radical (unpaired) electrons. The van der Waals surface area contributed by atoms with Crippen LogP contribution in [0.25, 0.3) is 33.1 Å². The first-order chi connectivity index (χ1) is 17.1. The maximum atomic E-state index is 2.56. The number of benzene rings is 4. The van der Waals surface area contributed by atoms with E-state index < -0.39 is 0 Å². The normalized spacial score (nSPS) is 19.0. The summed E-state index contributed by atoms with van der Waals surface area (Å²) in [4.78, 5) is 2.56. The first-order valence-electron chi connectivity index (χ1n) is 12.6. The molecule has 2 aliphatic heterocycles. The second-order valence-corrected chi connectivity index (χ2v) is 10.6. The largest absolute Gasteiger partial charge is 0.333 e. The predicted molar refractivity (Wildman–Crippen MR) is 147 cm³/mol. The molecule has 1 atom stereocenters. The molecular formula is C33H26N2. The Hall–Kier alpha value is -4.04. The van der Waals surface area contributed by atoms with Crippen LogP contribution >= 0.6 is 0 Å². The number of hydrogen-bond donors (Lipinski definition) is 0. The molecule has 0 saturated carbocycles. The first-order valence-corrected chi connectivity index (χ1v) is 12.6. The molecule has 168 valence electrons. The van der Waals surface area contributed by atoms with E-state index in [0.717, 1.165) is 6.42 Å². The lowest BCUT2D eigenvalue weighted by atomic mass is 9.74. The number of fused-ring (bicyclic) bond motifs is 8. The standard InChI is InChI=1S/C33H26N2/c1-33(2)26-14-9-13-25-24-12-5-8-17-30(24)35(32(25)26)31-19-18-21(20-27(31)33)34-28-15-6-3-10-22(28)23-11-4-7-16-29(23)34/h3-15,17-20,29H,16H2,1-2H3. The Bertz CT molecular complexity index is 1760. The van der Waals surface area contributed by atoms with E-state index in [9.17, 15) is 0 Å². The maximum absolute atomic E-state index is 2.56. The molecule has 1 aromatic heterocycles. The predicted octanol–water partition coefficient (Wildman–Crippen LogP) is 8.29. The summed E-state index contributed by atoms with van der Waals surface area (Å²) in [6.45, 7) is 4.77. The minimum atomic E-state index is -0.0976. The molecule has 1 aliphatic carbocycles. The summed E-state index contributed by atoms with van der Waals surface area (Å²) in [6.07, 6.45) is 7.84. The van der Waals surface area contributed by atoms with Crippen molar-refractivity contribution in [2.24, 2.45) is 0 Å². The fourth-order valence-electron chi connectivity index (χ4n) is 6.83. The van der Waals surface area contributed by atoms with Gasteiger partial charge in [0.05, 0.1) is 22.8 Å². The van der Waals surface area contributed by atoms with Gasteiger partial charge in [0, 0.05) is 33.1 Å². The SMILES string of the molecule is CC1(C)c2cc(N3c4ccccc4C4=CC=CCC43)ccc2-n2c3ccccc3c3cccc1c32. The van der Waals surface area contributed by atoms with Crippen molar-refractivity contribution in [3.05, 3.63) is 120 Å². The number of allylic oxidation sites excluding steroid dienone is 2. The van der Waals surface area contributed by atoms with Crippen molar-refractivity contribution in [1.82, 2.24) is 4.57 Å². The van der Waals surface area contributed by atoms with Crippen LogP contribution in [0.3, 0.4) is 0 Å². The number of anilines is 2. The van der Waals surface area contributed by atoms with Crippen LogP contribution in [-0.2, 0) is 5.41 Å². The molecule has 5 aromatic rings. The molecule has 0 saturated heterocycles. The van der Waals surface area contributed by atoms with Gasteiger partial charge in [0.1, 0.15) is 0 Å². The molecule has 4 aromatic carbocycles. The summed E-state index contributed by atoms with van der Waals surface area (Å²) < 4.78 is 2.50. The molecule has 35 heavy (non-hydrogen) atoms. The van der Waals surface area contributed by atoms with Crippen LogP contribution < -0.4 is 4.90 Å². The Labute approximate surface area is 205 Å². The van der Waals surface area contributed by atoms with E-state index in [1.54, 1.807) is 0 Å². The van der Waals surface area contributed by atoms with E-state index in [0.29, 0.717) is 6.04 Å². The van der Waals surface area contributed by atoms with Crippen molar-refractivity contribution in [3.63, 3.8) is 0 Å². The molecule has 0 N–H and O–H groups in total. The summed E-state index contributed by atoms with van der Waals surface area (Å²) in [7, 11) is 0. The molecule has 8 rings (SSSR count). The van der Waals surface area contributed by atoms with Crippen molar-refractivity contribution in [2.45, 2.75) is 31.7 Å². The van der Waals surface area contributed by atoms with Gasteiger partial charge in [-0.3, -0.25) is 0 Å². The van der Waals surface area contributed by atoms with E-state index >= 15 is 0 Å². The number of aromatic nitrogens is 1. The number of hydrogen-bond acceptors (Lipinski definition) is 1. The average molecular weight is 451 g/mol. The Morgan fingerprint density at radius 3 is 2.54 bits per heavy atom. The highest BCUT2D eigenvalue weighted by Gasteiger charge is 2.38. The van der Waals surface area contributed by atoms with Crippen molar-refractivity contribution < 1.29 is 0 Å². The van der Waals surface area contributed by atoms with E-state index in [1.807, 2.05) is 0 Å². The summed E-state index contributed by atoms with van der Waals surface area (Å²) >= 11 is 0. The fraction of sp³-hybridized carbons (Fsp3) is 0.152. The Morgan fingerprint density at radius 1 is 0.771 bits per heavy atom. The molecule has 3 heterocycles. The molecule has 0 spiro atoms. The van der Waals surface area contributed by atoms with Gasteiger partial charge >= 0.3 is 0 Å². The zero-order chi connectivity index (χ0) is 23.3. The van der Waals surface area contributed by atoms with Gasteiger partial charge in [0.2, 0.25) is 0 Å². The van der Waals surface area contributed by atoms with Crippen molar-refractivity contribution in [2.75, 3.05) is 4.90 Å². The van der Waals surface area contributed by atoms with Gasteiger partial charge < -0.3 is 9.47 Å². The number of para-hydroxylation sites is 3. The maximum Gasteiger partial charge on any atom is 0.0632 e. The minimum Gasteiger partial charge on any atom is -0.333 e. The van der Waals surface area contributed by atoms with Gasteiger partial charge in [-0.25, -0.2) is 0 Å². The monoisotopic (exact) mass is 450 g/mol. The molecule has 1 unspecified atom stereocenters. The molecular weight excluding hydrogens is 424 g/mol. The van der Waals surface area contributed by atoms with E-state index in [4.69, 9.17) is 0 Å². The third-order valence-electron chi connectivity index (χ3n) is 8.46. The first kappa shape index (κ1) is 19.3. The molecule has 3 aliphatic rings. The highest BCUT2D eigenvalue weighted by Crippen LogP contribution is 2.51. The topological polar surface area (TPSA) is 8.17 Å². The van der Waals surface area contributed by atoms with E-state index in [1.165, 1.54) is 61.1 Å². The molecule has 2 nitrogen and oxygen atoms in total. The molecule has 0 bridgehead atoms. The fourth-order valence-corrected chi connectivity index (χ4v) is 6.83.